The molecule has 4 heterocycles. The summed E-state index contributed by atoms with van der Waals surface area (Å²) in [6.45, 7) is 18.3. The van der Waals surface area contributed by atoms with Crippen LogP contribution < -0.4 is 20.3 Å². The second kappa shape index (κ2) is 23.2. The number of benzene rings is 1. The van der Waals surface area contributed by atoms with Gasteiger partial charge in [0.2, 0.25) is 0 Å². The number of hydrogen-bond donors (Lipinski definition) is 4. The van der Waals surface area contributed by atoms with Crippen LogP contribution in [0.25, 0.3) is 0 Å². The second-order valence-corrected chi connectivity index (χ2v) is 20.6. The van der Waals surface area contributed by atoms with E-state index in [0.29, 0.717) is 24.5 Å². The molecule has 1 aromatic rings. The van der Waals surface area contributed by atoms with Crippen molar-refractivity contribution in [3.8, 4) is 11.5 Å². The number of nitrogens with one attached hydrogen (secondary N) is 2. The Hall–Kier alpha value is -4.06. The highest BCUT2D eigenvalue weighted by Gasteiger charge is 2.58. The van der Waals surface area contributed by atoms with Gasteiger partial charge < -0.3 is 67.2 Å². The van der Waals surface area contributed by atoms with Crippen molar-refractivity contribution in [2.45, 2.75) is 185 Å². The van der Waals surface area contributed by atoms with Crippen LogP contribution in [0.1, 0.15) is 105 Å². The third-order valence-corrected chi connectivity index (χ3v) is 14.8. The first-order valence-corrected chi connectivity index (χ1v) is 24.3. The highest BCUT2D eigenvalue weighted by Crippen LogP contribution is 2.42. The molecule has 1 aromatic carbocycles. The lowest BCUT2D eigenvalue weighted by atomic mass is 9.77. The average molecular weight is 997 g/mol. The molecule has 21 heteroatoms. The number of cyclic esters (lactones) is 1. The molecular weight excluding hydrogens is 917 g/mol. The number of aliphatic hydroxyl groups excluding tert-OH is 1. The fourth-order valence-corrected chi connectivity index (χ4v) is 10.9. The molecule has 4 fully saturated rings. The van der Waals surface area contributed by atoms with Gasteiger partial charge in [-0.2, -0.15) is 0 Å². The maximum atomic E-state index is 14.7. The maximum Gasteiger partial charge on any atom is 0.509 e. The van der Waals surface area contributed by atoms with Crippen LogP contribution in [0, 0.1) is 17.8 Å². The number of methoxy groups -OCH3 is 3. The van der Waals surface area contributed by atoms with E-state index in [1.807, 2.05) is 58.6 Å². The SMILES string of the molecule is CC[C@H]1OC(=O)[C@H](C)[C@@H](O[C@H]2C[C@@](C)(OC)[C@@H](OC(=O)NNC(=O)c3ccc(OC)c(OC)c3)[C@H](C)O2)[C@H](C)[C@@H](O[C@@H]2O[C@H](C)C[C@H](N(C)C)[C@H]2O)[C@](C)(O)C[C@@H](C)CN(C)[C@H](C)[C@H]2OC(=O)O[C@@]21C. The van der Waals surface area contributed by atoms with Crippen molar-refractivity contribution in [2.75, 3.05) is 49.0 Å². The van der Waals surface area contributed by atoms with Gasteiger partial charge in [0.1, 0.15) is 17.8 Å². The van der Waals surface area contributed by atoms with Crippen molar-refractivity contribution in [1.82, 2.24) is 20.7 Å². The van der Waals surface area contributed by atoms with Crippen LogP contribution in [-0.4, -0.2) is 183 Å². The monoisotopic (exact) mass is 997 g/mol. The van der Waals surface area contributed by atoms with Gasteiger partial charge in [0.05, 0.1) is 50.2 Å². The van der Waals surface area contributed by atoms with E-state index in [1.165, 1.54) is 33.5 Å². The molecule has 4 aliphatic heterocycles. The molecule has 0 spiro atoms. The molecule has 2 amide bonds. The van der Waals surface area contributed by atoms with Crippen LogP contribution in [0.3, 0.4) is 0 Å². The minimum absolute atomic E-state index is 0.0327. The summed E-state index contributed by atoms with van der Waals surface area (Å²) in [5.74, 6) is -2.75. The Labute approximate surface area is 412 Å². The normalized spacial score (nSPS) is 40.1. The van der Waals surface area contributed by atoms with E-state index in [2.05, 4.69) is 10.9 Å². The van der Waals surface area contributed by atoms with E-state index < -0.39 is 114 Å². The molecule has 0 aliphatic carbocycles. The number of likely N-dealkylation sites (N-methyl/N-ethyl adjacent to an activating group) is 2. The van der Waals surface area contributed by atoms with Gasteiger partial charge in [0, 0.05) is 43.6 Å². The van der Waals surface area contributed by atoms with Gasteiger partial charge in [0.25, 0.3) is 5.91 Å². The van der Waals surface area contributed by atoms with Gasteiger partial charge in [-0.25, -0.2) is 15.0 Å². The number of nitrogens with zero attached hydrogens (tertiary/aromatic N) is 2. The van der Waals surface area contributed by atoms with Crippen LogP contribution >= 0.6 is 0 Å². The number of aliphatic hydroxyl groups is 2. The standard InChI is InChI=1S/C49H80N4O17/c1-17-35-49(10)40(69-46(58)70-49)29(6)53(13)24-25(2)22-47(8,59)39(67-44-37(54)32(52(11)12)20-26(3)63-44)27(4)38(28(5)43(56)65-35)66-36-23-48(9,62-16)41(30(7)64-36)68-45(57)51-50-42(55)31-18-19-33(60-14)34(21-31)61-15/h18-19,21,25-30,32,35-41,44,54,59H,17,20,22-24H2,1-16H3,(H,50,55)(H,51,57)/t25-,26-,27+,28-,29-,30+,32+,35-,36+,37-,38+,39-,40-,41+,44+,47-,48-,49-/m1/s1. The number of carbonyl (C=O) groups is 4. The molecule has 398 valence electrons. The summed E-state index contributed by atoms with van der Waals surface area (Å²) in [5, 5.41) is 24.5. The third-order valence-electron chi connectivity index (χ3n) is 14.8. The van der Waals surface area contributed by atoms with Crippen molar-refractivity contribution in [3.05, 3.63) is 23.8 Å². The number of ether oxygens (including phenoxy) is 11. The summed E-state index contributed by atoms with van der Waals surface area (Å²) in [5.41, 5.74) is 0.510. The zero-order valence-corrected chi connectivity index (χ0v) is 43.8. The van der Waals surface area contributed by atoms with Gasteiger partial charge in [-0.05, 0) is 113 Å². The average Bonchev–Trinajstić information content (AvgIpc) is 3.62. The van der Waals surface area contributed by atoms with Crippen LogP contribution in [0.4, 0.5) is 9.59 Å². The molecule has 21 nitrogen and oxygen atoms in total. The third kappa shape index (κ3) is 12.6. The maximum absolute atomic E-state index is 14.7. The van der Waals surface area contributed by atoms with Crippen LogP contribution in [0.15, 0.2) is 18.2 Å². The molecule has 4 aliphatic rings. The quantitative estimate of drug-likeness (QED) is 0.138. The molecular formula is C49H80N4O17. The lowest BCUT2D eigenvalue weighted by Crippen LogP contribution is -2.61. The Bertz CT molecular complexity index is 1960. The number of hydrazine groups is 1. The van der Waals surface area contributed by atoms with Crippen molar-refractivity contribution < 1.29 is 81.5 Å². The van der Waals surface area contributed by atoms with Gasteiger partial charge in [0.15, 0.2) is 41.9 Å². The zero-order valence-electron chi connectivity index (χ0n) is 43.8. The Kier molecular flexibility index (Phi) is 18.9. The Morgan fingerprint density at radius 1 is 0.914 bits per heavy atom. The highest BCUT2D eigenvalue weighted by atomic mass is 16.8. The van der Waals surface area contributed by atoms with E-state index in [1.54, 1.807) is 47.6 Å². The number of amides is 2. The number of fused-ring (bicyclic) bond motifs is 1. The fraction of sp³-hybridized carbons (Fsp3) is 0.796. The van der Waals surface area contributed by atoms with Gasteiger partial charge >= 0.3 is 18.2 Å². The van der Waals surface area contributed by atoms with Gasteiger partial charge in [-0.15, -0.1) is 0 Å². The summed E-state index contributed by atoms with van der Waals surface area (Å²) in [7, 11) is 9.98. The first kappa shape index (κ1) is 56.8. The number of hydrogen-bond acceptors (Lipinski definition) is 19. The molecule has 4 N–H and O–H groups in total. The van der Waals surface area contributed by atoms with Crippen molar-refractivity contribution in [3.63, 3.8) is 0 Å². The molecule has 18 atom stereocenters. The molecule has 0 bridgehead atoms. The molecule has 5 rings (SSSR count). The molecule has 70 heavy (non-hydrogen) atoms. The minimum atomic E-state index is -1.64. The summed E-state index contributed by atoms with van der Waals surface area (Å²) in [6.07, 6.45) is -10.6. The molecule has 0 saturated carbocycles. The van der Waals surface area contributed by atoms with E-state index in [-0.39, 0.29) is 42.9 Å². The van der Waals surface area contributed by atoms with E-state index in [9.17, 15) is 29.4 Å². The highest BCUT2D eigenvalue weighted by molar-refractivity contribution is 5.95. The number of esters is 1. The predicted octanol–water partition coefficient (Wildman–Crippen LogP) is 4.18. The lowest BCUT2D eigenvalue weighted by Gasteiger charge is -2.49. The minimum Gasteiger partial charge on any atom is -0.493 e. The Morgan fingerprint density at radius 3 is 2.20 bits per heavy atom. The molecule has 0 unspecified atom stereocenters. The summed E-state index contributed by atoms with van der Waals surface area (Å²) >= 11 is 0. The van der Waals surface area contributed by atoms with Crippen LogP contribution in [-0.2, 0) is 47.4 Å². The zero-order chi connectivity index (χ0) is 52.2. The van der Waals surface area contributed by atoms with Crippen LogP contribution in [0.2, 0.25) is 0 Å². The summed E-state index contributed by atoms with van der Waals surface area (Å²) in [4.78, 5) is 57.8. The predicted molar refractivity (Wildman–Crippen MR) is 252 cm³/mol. The number of rotatable bonds is 11. The Balaban J connectivity index is 1.48. The first-order chi connectivity index (χ1) is 32.7. The largest absolute Gasteiger partial charge is 0.509 e. The van der Waals surface area contributed by atoms with Gasteiger partial charge in [-0.1, -0.05) is 20.8 Å². The number of carbonyl (C=O) groups excluding carboxylic acids is 4. The second-order valence-electron chi connectivity index (χ2n) is 20.6. The molecule has 4 saturated heterocycles. The fourth-order valence-electron chi connectivity index (χ4n) is 10.9. The van der Waals surface area contributed by atoms with Crippen molar-refractivity contribution in [1.29, 1.82) is 0 Å². The van der Waals surface area contributed by atoms with E-state index in [4.69, 9.17) is 52.1 Å². The summed E-state index contributed by atoms with van der Waals surface area (Å²) in [6, 6.07) is 3.77. The van der Waals surface area contributed by atoms with Gasteiger partial charge in [-0.3, -0.25) is 19.9 Å². The molecule has 0 aromatic heterocycles. The van der Waals surface area contributed by atoms with E-state index >= 15 is 0 Å². The first-order valence-electron chi connectivity index (χ1n) is 24.3. The van der Waals surface area contributed by atoms with Crippen molar-refractivity contribution >= 4 is 24.1 Å². The van der Waals surface area contributed by atoms with Crippen molar-refractivity contribution in [2.24, 2.45) is 17.8 Å². The van der Waals surface area contributed by atoms with Crippen LogP contribution in [0.5, 0.6) is 11.5 Å². The summed E-state index contributed by atoms with van der Waals surface area (Å²) < 4.78 is 66.9. The van der Waals surface area contributed by atoms with E-state index in [0.717, 1.165) is 0 Å². The topological polar surface area (TPSA) is 241 Å². The Morgan fingerprint density at radius 2 is 1.59 bits per heavy atom. The smallest absolute Gasteiger partial charge is 0.493 e. The lowest BCUT2D eigenvalue weighted by molar-refractivity contribution is -0.317. The molecule has 0 radical (unpaired) electrons.